The number of benzene rings is 2. The Balaban J connectivity index is 1.55. The molecule has 33 heavy (non-hydrogen) atoms. The molecule has 0 unspecified atom stereocenters. The second-order valence-electron chi connectivity index (χ2n) is 7.51. The fourth-order valence-electron chi connectivity index (χ4n) is 3.27. The van der Waals surface area contributed by atoms with Gasteiger partial charge in [-0.05, 0) is 43.0 Å². The number of aryl methyl sites for hydroxylation is 1. The average molecular weight is 450 g/mol. The van der Waals surface area contributed by atoms with E-state index in [0.29, 0.717) is 17.8 Å². The Morgan fingerprint density at radius 3 is 2.52 bits per heavy atom. The number of nitrogens with one attached hydrogen (secondary N) is 2. The molecular formula is C23H26N6O4. The second kappa shape index (κ2) is 10.9. The predicted octanol–water partition coefficient (Wildman–Crippen LogP) is 1.43. The van der Waals surface area contributed by atoms with Crippen molar-refractivity contribution < 1.29 is 19.1 Å². The topological polar surface area (TPSA) is 162 Å². The highest BCUT2D eigenvalue weighted by Gasteiger charge is 2.25. The predicted molar refractivity (Wildman–Crippen MR) is 123 cm³/mol. The molecule has 6 N–H and O–H groups in total. The Hall–Kier alpha value is -4.21. The summed E-state index contributed by atoms with van der Waals surface area (Å²) in [6, 6.07) is 14.0. The first-order valence-corrected chi connectivity index (χ1v) is 10.4. The smallest absolute Gasteiger partial charge is 0.405 e. The van der Waals surface area contributed by atoms with Crippen LogP contribution in [0.1, 0.15) is 24.5 Å². The first kappa shape index (κ1) is 23.5. The Bertz CT molecular complexity index is 1140. The molecule has 1 heterocycles. The van der Waals surface area contributed by atoms with E-state index < -0.39 is 30.1 Å². The highest BCUT2D eigenvalue weighted by atomic mass is 16.6. The van der Waals surface area contributed by atoms with Crippen LogP contribution in [-0.4, -0.2) is 40.0 Å². The minimum Gasteiger partial charge on any atom is -0.436 e. The monoisotopic (exact) mass is 450 g/mol. The van der Waals surface area contributed by atoms with E-state index in [1.54, 1.807) is 19.1 Å². The van der Waals surface area contributed by atoms with Gasteiger partial charge in [-0.3, -0.25) is 9.59 Å². The van der Waals surface area contributed by atoms with E-state index >= 15 is 0 Å². The summed E-state index contributed by atoms with van der Waals surface area (Å²) < 4.78 is 4.97. The number of carbonyl (C=O) groups excluding carboxylic acids is 3. The van der Waals surface area contributed by atoms with Crippen molar-refractivity contribution in [1.82, 2.24) is 20.6 Å². The lowest BCUT2D eigenvalue weighted by molar-refractivity contribution is -0.134. The van der Waals surface area contributed by atoms with Crippen LogP contribution >= 0.6 is 0 Å². The van der Waals surface area contributed by atoms with Crippen LogP contribution in [0.15, 0.2) is 54.9 Å². The van der Waals surface area contributed by atoms with E-state index in [0.717, 1.165) is 16.5 Å². The number of nitrogens with two attached hydrogens (primary N) is 2. The fraction of sp³-hybridized carbons (Fsp3) is 0.261. The van der Waals surface area contributed by atoms with Crippen LogP contribution in [0.5, 0.6) is 0 Å². The van der Waals surface area contributed by atoms with Gasteiger partial charge in [-0.25, -0.2) is 14.8 Å². The molecule has 2 atom stereocenters. The van der Waals surface area contributed by atoms with Crippen LogP contribution in [0.25, 0.3) is 10.9 Å². The SMILES string of the molecule is C[C@H](NC(=O)[C@@H](CCc1ccccc1)OC(N)=O)C(=O)NCc1ccc2c(N)ncnc2c1. The van der Waals surface area contributed by atoms with E-state index in [-0.39, 0.29) is 13.0 Å². The van der Waals surface area contributed by atoms with Crippen LogP contribution in [0.3, 0.4) is 0 Å². The number of nitrogen functional groups attached to an aromatic ring is 1. The molecule has 0 fully saturated rings. The van der Waals surface area contributed by atoms with Gasteiger partial charge in [0.2, 0.25) is 5.91 Å². The summed E-state index contributed by atoms with van der Waals surface area (Å²) in [7, 11) is 0. The molecule has 0 aliphatic rings. The van der Waals surface area contributed by atoms with E-state index in [9.17, 15) is 14.4 Å². The normalized spacial score (nSPS) is 12.5. The van der Waals surface area contributed by atoms with Crippen LogP contribution in [0.4, 0.5) is 10.6 Å². The van der Waals surface area contributed by atoms with E-state index in [4.69, 9.17) is 16.2 Å². The van der Waals surface area contributed by atoms with Crippen LogP contribution in [0, 0.1) is 0 Å². The summed E-state index contributed by atoms with van der Waals surface area (Å²) in [5.74, 6) is -0.608. The first-order valence-electron chi connectivity index (χ1n) is 10.4. The maximum atomic E-state index is 12.6. The molecule has 10 heteroatoms. The van der Waals surface area contributed by atoms with Crippen molar-refractivity contribution in [3.05, 3.63) is 66.0 Å². The van der Waals surface area contributed by atoms with Gasteiger partial charge in [-0.2, -0.15) is 0 Å². The van der Waals surface area contributed by atoms with Gasteiger partial charge in [0, 0.05) is 11.9 Å². The second-order valence-corrected chi connectivity index (χ2v) is 7.51. The number of aromatic nitrogens is 2. The third-order valence-electron chi connectivity index (χ3n) is 5.04. The number of rotatable bonds is 9. The van der Waals surface area contributed by atoms with Crippen molar-refractivity contribution in [3.8, 4) is 0 Å². The summed E-state index contributed by atoms with van der Waals surface area (Å²) in [5.41, 5.74) is 13.4. The highest BCUT2D eigenvalue weighted by Crippen LogP contribution is 2.17. The molecular weight excluding hydrogens is 424 g/mol. The number of hydrogen-bond acceptors (Lipinski definition) is 7. The largest absolute Gasteiger partial charge is 0.436 e. The van der Waals surface area contributed by atoms with Crippen LogP contribution in [-0.2, 0) is 27.3 Å². The van der Waals surface area contributed by atoms with Gasteiger partial charge < -0.3 is 26.8 Å². The summed E-state index contributed by atoms with van der Waals surface area (Å²) in [4.78, 5) is 44.5. The van der Waals surface area contributed by atoms with Gasteiger partial charge in [-0.1, -0.05) is 36.4 Å². The lowest BCUT2D eigenvalue weighted by Gasteiger charge is -2.20. The Kier molecular flexibility index (Phi) is 7.74. The van der Waals surface area contributed by atoms with E-state index in [1.165, 1.54) is 6.33 Å². The minimum absolute atomic E-state index is 0.230. The third-order valence-corrected chi connectivity index (χ3v) is 5.04. The molecule has 3 rings (SSSR count). The van der Waals surface area contributed by atoms with Crippen molar-refractivity contribution in [2.45, 2.75) is 38.5 Å². The van der Waals surface area contributed by atoms with Crippen molar-refractivity contribution in [1.29, 1.82) is 0 Å². The van der Waals surface area contributed by atoms with Crippen molar-refractivity contribution in [2.75, 3.05) is 5.73 Å². The van der Waals surface area contributed by atoms with Gasteiger partial charge in [0.15, 0.2) is 6.10 Å². The zero-order valence-electron chi connectivity index (χ0n) is 18.2. The van der Waals surface area contributed by atoms with Crippen molar-refractivity contribution in [2.24, 2.45) is 5.73 Å². The molecule has 1 aromatic heterocycles. The quantitative estimate of drug-likeness (QED) is 0.383. The Morgan fingerprint density at radius 2 is 1.79 bits per heavy atom. The third kappa shape index (κ3) is 6.63. The first-order chi connectivity index (χ1) is 15.8. The summed E-state index contributed by atoms with van der Waals surface area (Å²) in [6.07, 6.45) is -0.0532. The van der Waals surface area contributed by atoms with Gasteiger partial charge in [0.25, 0.3) is 5.91 Å². The molecule has 0 aliphatic carbocycles. The van der Waals surface area contributed by atoms with E-state index in [1.807, 2.05) is 36.4 Å². The minimum atomic E-state index is -1.11. The van der Waals surface area contributed by atoms with Gasteiger partial charge in [0.1, 0.15) is 18.2 Å². The number of primary amides is 1. The van der Waals surface area contributed by atoms with Crippen LogP contribution in [0.2, 0.25) is 0 Å². The maximum absolute atomic E-state index is 12.6. The van der Waals surface area contributed by atoms with Crippen molar-refractivity contribution in [3.63, 3.8) is 0 Å². The number of nitrogens with zero attached hydrogens (tertiary/aromatic N) is 2. The maximum Gasteiger partial charge on any atom is 0.405 e. The lowest BCUT2D eigenvalue weighted by Crippen LogP contribution is -2.49. The molecule has 172 valence electrons. The number of carbonyl (C=O) groups is 3. The zero-order chi connectivity index (χ0) is 23.8. The number of hydrogen-bond donors (Lipinski definition) is 4. The van der Waals surface area contributed by atoms with Crippen molar-refractivity contribution >= 4 is 34.6 Å². The van der Waals surface area contributed by atoms with E-state index in [2.05, 4.69) is 20.6 Å². The molecule has 0 saturated heterocycles. The average Bonchev–Trinajstić information content (AvgIpc) is 2.80. The lowest BCUT2D eigenvalue weighted by atomic mass is 10.1. The molecule has 0 aliphatic heterocycles. The standard InChI is InChI=1S/C23H26N6O4/c1-14(21(30)26-12-16-7-9-17-18(11-16)27-13-28-20(17)24)29-22(31)19(33-23(25)32)10-8-15-5-3-2-4-6-15/h2-7,9,11,13-14,19H,8,10,12H2,1H3,(H2,25,32)(H,26,30)(H,29,31)(H2,24,27,28)/t14-,19+/m0/s1. The van der Waals surface area contributed by atoms with Gasteiger partial charge in [0.05, 0.1) is 5.52 Å². The Morgan fingerprint density at radius 1 is 1.03 bits per heavy atom. The molecule has 0 saturated carbocycles. The molecule has 10 nitrogen and oxygen atoms in total. The number of ether oxygens (including phenoxy) is 1. The molecule has 0 spiro atoms. The molecule has 3 aromatic rings. The zero-order valence-corrected chi connectivity index (χ0v) is 18.2. The summed E-state index contributed by atoms with van der Waals surface area (Å²) in [6.45, 7) is 1.77. The summed E-state index contributed by atoms with van der Waals surface area (Å²) in [5, 5.41) is 6.06. The highest BCUT2D eigenvalue weighted by molar-refractivity contribution is 5.90. The number of amides is 3. The van der Waals surface area contributed by atoms with Crippen LogP contribution < -0.4 is 22.1 Å². The number of anilines is 1. The molecule has 0 bridgehead atoms. The van der Waals surface area contributed by atoms with Gasteiger partial charge in [-0.15, -0.1) is 0 Å². The number of fused-ring (bicyclic) bond motifs is 1. The molecule has 2 aromatic carbocycles. The Labute approximate surface area is 190 Å². The molecule has 3 amide bonds. The fourth-order valence-corrected chi connectivity index (χ4v) is 3.27. The van der Waals surface area contributed by atoms with Gasteiger partial charge >= 0.3 is 6.09 Å². The summed E-state index contributed by atoms with van der Waals surface area (Å²) >= 11 is 0. The molecule has 0 radical (unpaired) electrons.